The van der Waals surface area contributed by atoms with Gasteiger partial charge < -0.3 is 9.64 Å². The number of nitrogens with zero attached hydrogens (tertiary/aromatic N) is 5. The highest BCUT2D eigenvalue weighted by atomic mass is 35.5. The summed E-state index contributed by atoms with van der Waals surface area (Å²) in [5, 5.41) is 8.12. The maximum atomic E-state index is 15.2. The summed E-state index contributed by atoms with van der Waals surface area (Å²) in [5.41, 5.74) is 1.49. The SMILES string of the molecule is C[C@@H](Oc1cc2c(-c3cnc(N4CC5(C4)CN(S(C)(=O)=O)C5)c(F)c3)n[nH]c2cc1F)c1c(Cl)cncc1Cl. The normalized spacial score (nSPS) is 17.7. The van der Waals surface area contributed by atoms with E-state index >= 15 is 4.39 Å². The van der Waals surface area contributed by atoms with Crippen LogP contribution < -0.4 is 9.64 Å². The van der Waals surface area contributed by atoms with Gasteiger partial charge in [0.1, 0.15) is 11.8 Å². The third kappa shape index (κ3) is 4.58. The molecule has 5 heterocycles. The van der Waals surface area contributed by atoms with Crippen molar-refractivity contribution in [2.24, 2.45) is 5.41 Å². The predicted molar refractivity (Wildman–Crippen MR) is 144 cm³/mol. The van der Waals surface area contributed by atoms with Crippen molar-refractivity contribution in [2.75, 3.05) is 37.3 Å². The van der Waals surface area contributed by atoms with E-state index in [1.54, 1.807) is 11.8 Å². The lowest BCUT2D eigenvalue weighted by Gasteiger charge is -2.59. The number of halogens is 4. The molecule has 4 aromatic rings. The van der Waals surface area contributed by atoms with Crippen LogP contribution in [0.1, 0.15) is 18.6 Å². The molecule has 0 bridgehead atoms. The van der Waals surface area contributed by atoms with E-state index in [1.165, 1.54) is 47.4 Å². The van der Waals surface area contributed by atoms with E-state index in [-0.39, 0.29) is 17.0 Å². The molecule has 0 aliphatic carbocycles. The van der Waals surface area contributed by atoms with Gasteiger partial charge in [0, 0.05) is 72.8 Å². The molecule has 14 heteroatoms. The number of anilines is 1. The number of ether oxygens (including phenoxy) is 1. The molecule has 0 unspecified atom stereocenters. The van der Waals surface area contributed by atoms with Crippen molar-refractivity contribution in [2.45, 2.75) is 13.0 Å². The smallest absolute Gasteiger partial charge is 0.211 e. The minimum atomic E-state index is -3.21. The van der Waals surface area contributed by atoms with Crippen LogP contribution in [0.5, 0.6) is 5.75 Å². The van der Waals surface area contributed by atoms with Gasteiger partial charge in [-0.05, 0) is 19.1 Å². The molecule has 1 N–H and O–H groups in total. The minimum Gasteiger partial charge on any atom is -0.483 e. The first-order chi connectivity index (χ1) is 18.4. The number of H-pyrrole nitrogens is 1. The van der Waals surface area contributed by atoms with Crippen molar-refractivity contribution in [1.82, 2.24) is 24.5 Å². The maximum Gasteiger partial charge on any atom is 0.211 e. The largest absolute Gasteiger partial charge is 0.483 e. The summed E-state index contributed by atoms with van der Waals surface area (Å²) in [5.74, 6) is -1.02. The van der Waals surface area contributed by atoms with Gasteiger partial charge in [-0.1, -0.05) is 23.2 Å². The number of hydrogen-bond acceptors (Lipinski definition) is 7. The topological polar surface area (TPSA) is 104 Å². The fourth-order valence-electron chi connectivity index (χ4n) is 5.23. The first-order valence-electron chi connectivity index (χ1n) is 11.9. The Kier molecular flexibility index (Phi) is 6.21. The second kappa shape index (κ2) is 9.26. The van der Waals surface area contributed by atoms with Gasteiger partial charge in [-0.25, -0.2) is 26.5 Å². The lowest BCUT2D eigenvalue weighted by molar-refractivity contribution is 0.0390. The Morgan fingerprint density at radius 1 is 1.05 bits per heavy atom. The quantitative estimate of drug-likeness (QED) is 0.341. The van der Waals surface area contributed by atoms with Gasteiger partial charge in [0.05, 0.1) is 21.8 Å². The van der Waals surface area contributed by atoms with Crippen LogP contribution in [0.2, 0.25) is 10.0 Å². The third-order valence-electron chi connectivity index (χ3n) is 7.16. The average Bonchev–Trinajstić information content (AvgIpc) is 3.20. The Labute approximate surface area is 232 Å². The Morgan fingerprint density at radius 3 is 2.38 bits per heavy atom. The third-order valence-corrected chi connectivity index (χ3v) is 8.95. The first kappa shape index (κ1) is 26.2. The predicted octanol–water partition coefficient (Wildman–Crippen LogP) is 4.83. The summed E-state index contributed by atoms with van der Waals surface area (Å²) in [6, 6.07) is 4.06. The molecule has 2 aliphatic rings. The summed E-state index contributed by atoms with van der Waals surface area (Å²) in [6.45, 7) is 3.60. The highest BCUT2D eigenvalue weighted by molar-refractivity contribution is 7.88. The van der Waals surface area contributed by atoms with E-state index in [0.29, 0.717) is 63.9 Å². The zero-order valence-corrected chi connectivity index (χ0v) is 23.1. The molecule has 0 saturated carbocycles. The Bertz CT molecular complexity index is 1700. The number of hydrogen-bond donors (Lipinski definition) is 1. The molecule has 9 nitrogen and oxygen atoms in total. The maximum absolute atomic E-state index is 15.2. The molecule has 204 valence electrons. The van der Waals surface area contributed by atoms with Crippen molar-refractivity contribution in [1.29, 1.82) is 0 Å². The van der Waals surface area contributed by atoms with Crippen LogP contribution in [0.25, 0.3) is 22.2 Å². The van der Waals surface area contributed by atoms with Crippen LogP contribution in [0, 0.1) is 17.0 Å². The van der Waals surface area contributed by atoms with Gasteiger partial charge in [0.15, 0.2) is 23.2 Å². The van der Waals surface area contributed by atoms with Gasteiger partial charge in [-0.15, -0.1) is 0 Å². The molecule has 1 atom stereocenters. The molecule has 39 heavy (non-hydrogen) atoms. The van der Waals surface area contributed by atoms with Crippen molar-refractivity contribution < 1.29 is 21.9 Å². The van der Waals surface area contributed by atoms with Crippen LogP contribution in [-0.4, -0.2) is 65.3 Å². The van der Waals surface area contributed by atoms with Crippen LogP contribution in [-0.2, 0) is 10.0 Å². The molecule has 1 aromatic carbocycles. The monoisotopic (exact) mass is 594 g/mol. The van der Waals surface area contributed by atoms with Crippen molar-refractivity contribution in [3.8, 4) is 17.0 Å². The van der Waals surface area contributed by atoms with Crippen LogP contribution in [0.15, 0.2) is 36.8 Å². The summed E-state index contributed by atoms with van der Waals surface area (Å²) in [6.07, 6.45) is 4.86. The molecular formula is C25H22Cl2F2N6O3S. The molecular weight excluding hydrogens is 573 g/mol. The Morgan fingerprint density at radius 2 is 1.74 bits per heavy atom. The van der Waals surface area contributed by atoms with E-state index in [9.17, 15) is 12.8 Å². The molecule has 1 spiro atoms. The number of rotatable bonds is 6. The average molecular weight is 595 g/mol. The fourth-order valence-corrected chi connectivity index (χ4v) is 6.92. The number of aromatic amines is 1. The summed E-state index contributed by atoms with van der Waals surface area (Å²) < 4.78 is 60.7. The van der Waals surface area contributed by atoms with Crippen molar-refractivity contribution >= 4 is 49.9 Å². The van der Waals surface area contributed by atoms with E-state index < -0.39 is 27.8 Å². The number of fused-ring (bicyclic) bond motifs is 1. The van der Waals surface area contributed by atoms with Gasteiger partial charge in [0.25, 0.3) is 0 Å². The lowest BCUT2D eigenvalue weighted by atomic mass is 9.74. The highest BCUT2D eigenvalue weighted by Gasteiger charge is 2.55. The zero-order valence-electron chi connectivity index (χ0n) is 20.8. The standard InChI is InChI=1S/C25H22Cl2F2N6O3S/c1-13(22-16(26)7-30-8-17(22)27)38-21-4-15-20(5-18(21)28)32-33-23(15)14-3-19(29)24(31-6-14)34-9-25(10-34)11-35(12-25)39(2,36)37/h3-8,13H,9-12H2,1-2H3,(H,32,33)/t13-/m1/s1. The number of aromatic nitrogens is 4. The molecule has 2 fully saturated rings. The zero-order chi connectivity index (χ0) is 27.7. The molecule has 3 aromatic heterocycles. The minimum absolute atomic E-state index is 0.0545. The van der Waals surface area contributed by atoms with Gasteiger partial charge in [-0.2, -0.15) is 5.10 Å². The van der Waals surface area contributed by atoms with Gasteiger partial charge in [-0.3, -0.25) is 10.1 Å². The van der Waals surface area contributed by atoms with Gasteiger partial charge >= 0.3 is 0 Å². The lowest BCUT2D eigenvalue weighted by Crippen LogP contribution is -2.73. The molecule has 6 rings (SSSR count). The van der Waals surface area contributed by atoms with Crippen LogP contribution in [0.4, 0.5) is 14.6 Å². The van der Waals surface area contributed by atoms with E-state index in [0.717, 1.165) is 0 Å². The summed E-state index contributed by atoms with van der Waals surface area (Å²) >= 11 is 12.4. The summed E-state index contributed by atoms with van der Waals surface area (Å²) in [7, 11) is -3.21. The molecule has 0 radical (unpaired) electrons. The second-order valence-electron chi connectivity index (χ2n) is 10.1. The van der Waals surface area contributed by atoms with E-state index in [1.807, 2.05) is 0 Å². The van der Waals surface area contributed by atoms with E-state index in [4.69, 9.17) is 27.9 Å². The molecule has 0 amide bonds. The Hall–Kier alpha value is -3.06. The fraction of sp³-hybridized carbons (Fsp3) is 0.320. The van der Waals surface area contributed by atoms with Gasteiger partial charge in [0.2, 0.25) is 10.0 Å². The van der Waals surface area contributed by atoms with E-state index in [2.05, 4.69) is 20.2 Å². The number of benzene rings is 1. The van der Waals surface area contributed by atoms with Crippen LogP contribution >= 0.6 is 23.2 Å². The van der Waals surface area contributed by atoms with Crippen molar-refractivity contribution in [3.63, 3.8) is 0 Å². The molecule has 2 saturated heterocycles. The van der Waals surface area contributed by atoms with Crippen LogP contribution in [0.3, 0.4) is 0 Å². The number of sulfonamides is 1. The Balaban J connectivity index is 1.23. The number of nitrogens with one attached hydrogen (secondary N) is 1. The first-order valence-corrected chi connectivity index (χ1v) is 14.5. The highest BCUT2D eigenvalue weighted by Crippen LogP contribution is 2.43. The number of pyridine rings is 2. The summed E-state index contributed by atoms with van der Waals surface area (Å²) in [4.78, 5) is 10.0. The van der Waals surface area contributed by atoms with Crippen molar-refractivity contribution in [3.05, 3.63) is 64.0 Å². The second-order valence-corrected chi connectivity index (χ2v) is 12.9. The molecule has 2 aliphatic heterocycles.